The largest absolute Gasteiger partial charge is 0.324 e. The Balaban J connectivity index is 1.94. The molecule has 2 aromatic heterocycles. The van der Waals surface area contributed by atoms with Crippen LogP contribution in [-0.4, -0.2) is 24.7 Å². The maximum absolute atomic E-state index is 13.1. The van der Waals surface area contributed by atoms with Crippen LogP contribution in [-0.2, 0) is 0 Å². The van der Waals surface area contributed by atoms with Crippen molar-refractivity contribution in [2.75, 3.05) is 5.32 Å². The summed E-state index contributed by atoms with van der Waals surface area (Å²) in [5.74, 6) is 0.123. The standard InChI is InChI=1S/C12H8ClFN6/c13-10-17-11(16-9-4-1-3-8(14)7-9)19-12(18-10)20-6-2-5-15-20/h1-7H,(H,16,17,18,19). The molecule has 0 aliphatic carbocycles. The van der Waals surface area contributed by atoms with Gasteiger partial charge in [-0.3, -0.25) is 0 Å². The summed E-state index contributed by atoms with van der Waals surface area (Å²) in [7, 11) is 0. The quantitative estimate of drug-likeness (QED) is 0.803. The predicted octanol–water partition coefficient (Wildman–Crippen LogP) is 2.59. The number of hydrogen-bond acceptors (Lipinski definition) is 5. The molecule has 0 bridgehead atoms. The van der Waals surface area contributed by atoms with Crippen LogP contribution in [0.1, 0.15) is 0 Å². The Labute approximate surface area is 118 Å². The molecule has 0 aliphatic rings. The Bertz CT molecular complexity index is 731. The lowest BCUT2D eigenvalue weighted by Crippen LogP contribution is -2.06. The SMILES string of the molecule is Fc1cccc(Nc2nc(Cl)nc(-n3cccn3)n2)c1. The average molecular weight is 291 g/mol. The third kappa shape index (κ3) is 2.72. The van der Waals surface area contributed by atoms with Crippen molar-refractivity contribution in [1.82, 2.24) is 24.7 Å². The van der Waals surface area contributed by atoms with E-state index in [9.17, 15) is 4.39 Å². The van der Waals surface area contributed by atoms with Gasteiger partial charge in [-0.25, -0.2) is 9.07 Å². The second-order valence-electron chi connectivity index (χ2n) is 3.81. The molecule has 6 nitrogen and oxygen atoms in total. The van der Waals surface area contributed by atoms with Crippen LogP contribution in [0.4, 0.5) is 16.0 Å². The molecule has 0 spiro atoms. The highest BCUT2D eigenvalue weighted by atomic mass is 35.5. The van der Waals surface area contributed by atoms with E-state index in [0.29, 0.717) is 5.69 Å². The zero-order valence-electron chi connectivity index (χ0n) is 10.0. The van der Waals surface area contributed by atoms with Gasteiger partial charge in [0, 0.05) is 18.1 Å². The fraction of sp³-hybridized carbons (Fsp3) is 0. The van der Waals surface area contributed by atoms with Crippen LogP contribution in [0.25, 0.3) is 5.95 Å². The molecule has 0 unspecified atom stereocenters. The maximum Gasteiger partial charge on any atom is 0.256 e. The van der Waals surface area contributed by atoms with E-state index in [4.69, 9.17) is 11.6 Å². The van der Waals surface area contributed by atoms with Crippen molar-refractivity contribution >= 4 is 23.2 Å². The summed E-state index contributed by atoms with van der Waals surface area (Å²) in [4.78, 5) is 12.1. The van der Waals surface area contributed by atoms with E-state index < -0.39 is 0 Å². The molecule has 8 heteroatoms. The minimum atomic E-state index is -0.359. The summed E-state index contributed by atoms with van der Waals surface area (Å²) in [6.07, 6.45) is 3.27. The van der Waals surface area contributed by atoms with Gasteiger partial charge in [-0.05, 0) is 35.9 Å². The Hall–Kier alpha value is -2.54. The first-order valence-electron chi connectivity index (χ1n) is 5.65. The summed E-state index contributed by atoms with van der Waals surface area (Å²) in [5.41, 5.74) is 0.513. The van der Waals surface area contributed by atoms with Crippen LogP contribution in [0.5, 0.6) is 0 Å². The lowest BCUT2D eigenvalue weighted by Gasteiger charge is -2.06. The van der Waals surface area contributed by atoms with Gasteiger partial charge in [0.15, 0.2) is 0 Å². The predicted molar refractivity (Wildman–Crippen MR) is 71.6 cm³/mol. The van der Waals surface area contributed by atoms with Crippen molar-refractivity contribution in [2.45, 2.75) is 0 Å². The van der Waals surface area contributed by atoms with Crippen LogP contribution in [0.2, 0.25) is 5.28 Å². The minimum absolute atomic E-state index is 0.0180. The second kappa shape index (κ2) is 5.22. The molecule has 3 aromatic rings. The highest BCUT2D eigenvalue weighted by Gasteiger charge is 2.07. The number of halogens is 2. The number of anilines is 2. The van der Waals surface area contributed by atoms with Crippen LogP contribution >= 0.6 is 11.6 Å². The van der Waals surface area contributed by atoms with E-state index in [-0.39, 0.29) is 23.0 Å². The first-order chi connectivity index (χ1) is 9.70. The van der Waals surface area contributed by atoms with Gasteiger partial charge < -0.3 is 5.32 Å². The van der Waals surface area contributed by atoms with Crippen LogP contribution in [0, 0.1) is 5.82 Å². The van der Waals surface area contributed by atoms with Gasteiger partial charge in [-0.1, -0.05) is 6.07 Å². The molecule has 0 fully saturated rings. The summed E-state index contributed by atoms with van der Waals surface area (Å²) in [6, 6.07) is 7.67. The van der Waals surface area contributed by atoms with Crippen molar-refractivity contribution in [1.29, 1.82) is 0 Å². The van der Waals surface area contributed by atoms with Gasteiger partial charge in [0.1, 0.15) is 5.82 Å². The molecule has 0 saturated heterocycles. The van der Waals surface area contributed by atoms with Crippen molar-refractivity contribution in [2.24, 2.45) is 0 Å². The van der Waals surface area contributed by atoms with E-state index in [1.165, 1.54) is 16.8 Å². The fourth-order valence-electron chi connectivity index (χ4n) is 1.58. The zero-order valence-corrected chi connectivity index (χ0v) is 10.8. The maximum atomic E-state index is 13.1. The zero-order chi connectivity index (χ0) is 13.9. The Morgan fingerprint density at radius 2 is 2.05 bits per heavy atom. The Morgan fingerprint density at radius 3 is 2.80 bits per heavy atom. The third-order valence-electron chi connectivity index (χ3n) is 2.39. The molecule has 20 heavy (non-hydrogen) atoms. The second-order valence-corrected chi connectivity index (χ2v) is 4.15. The van der Waals surface area contributed by atoms with Crippen LogP contribution in [0.15, 0.2) is 42.7 Å². The molecule has 0 atom stereocenters. The number of hydrogen-bond donors (Lipinski definition) is 1. The molecule has 100 valence electrons. The first kappa shape index (κ1) is 12.5. The monoisotopic (exact) mass is 290 g/mol. The van der Waals surface area contributed by atoms with E-state index in [1.54, 1.807) is 30.6 Å². The van der Waals surface area contributed by atoms with Gasteiger partial charge >= 0.3 is 0 Å². The lowest BCUT2D eigenvalue weighted by molar-refractivity contribution is 0.628. The fourth-order valence-corrected chi connectivity index (χ4v) is 1.74. The highest BCUT2D eigenvalue weighted by molar-refractivity contribution is 6.28. The number of nitrogens with zero attached hydrogens (tertiary/aromatic N) is 5. The molecule has 3 rings (SSSR count). The Kier molecular flexibility index (Phi) is 3.26. The highest BCUT2D eigenvalue weighted by Crippen LogP contribution is 2.16. The minimum Gasteiger partial charge on any atom is -0.324 e. The molecule has 2 heterocycles. The van der Waals surface area contributed by atoms with Gasteiger partial charge in [0.2, 0.25) is 11.2 Å². The molecule has 0 amide bonds. The van der Waals surface area contributed by atoms with Crippen molar-refractivity contribution in [3.05, 3.63) is 53.8 Å². The number of benzene rings is 1. The molecule has 0 radical (unpaired) electrons. The molecular weight excluding hydrogens is 283 g/mol. The lowest BCUT2D eigenvalue weighted by atomic mass is 10.3. The van der Waals surface area contributed by atoms with Gasteiger partial charge in [0.25, 0.3) is 5.95 Å². The van der Waals surface area contributed by atoms with E-state index in [0.717, 1.165) is 0 Å². The molecule has 1 aromatic carbocycles. The van der Waals surface area contributed by atoms with Crippen LogP contribution < -0.4 is 5.32 Å². The van der Waals surface area contributed by atoms with Gasteiger partial charge in [-0.15, -0.1) is 0 Å². The third-order valence-corrected chi connectivity index (χ3v) is 2.56. The van der Waals surface area contributed by atoms with E-state index in [2.05, 4.69) is 25.4 Å². The number of aromatic nitrogens is 5. The summed E-state index contributed by atoms with van der Waals surface area (Å²) in [5, 5.41) is 6.89. The summed E-state index contributed by atoms with van der Waals surface area (Å²) in [6.45, 7) is 0. The summed E-state index contributed by atoms with van der Waals surface area (Å²) < 4.78 is 14.6. The number of rotatable bonds is 3. The molecule has 0 saturated carbocycles. The molecule has 1 N–H and O–H groups in total. The van der Waals surface area contributed by atoms with E-state index in [1.807, 2.05) is 0 Å². The van der Waals surface area contributed by atoms with Crippen molar-refractivity contribution in [3.8, 4) is 5.95 Å². The average Bonchev–Trinajstić information content (AvgIpc) is 2.91. The smallest absolute Gasteiger partial charge is 0.256 e. The first-order valence-corrected chi connectivity index (χ1v) is 6.03. The summed E-state index contributed by atoms with van der Waals surface area (Å²) >= 11 is 5.85. The van der Waals surface area contributed by atoms with E-state index >= 15 is 0 Å². The van der Waals surface area contributed by atoms with Crippen LogP contribution in [0.3, 0.4) is 0 Å². The number of nitrogens with one attached hydrogen (secondary N) is 1. The normalized spacial score (nSPS) is 10.5. The van der Waals surface area contributed by atoms with Crippen molar-refractivity contribution in [3.63, 3.8) is 0 Å². The van der Waals surface area contributed by atoms with Gasteiger partial charge in [0.05, 0.1) is 0 Å². The Morgan fingerprint density at radius 1 is 1.15 bits per heavy atom. The molecule has 0 aliphatic heterocycles. The topological polar surface area (TPSA) is 68.5 Å². The van der Waals surface area contributed by atoms with Crippen molar-refractivity contribution < 1.29 is 4.39 Å². The molecular formula is C12H8ClFN6. The van der Waals surface area contributed by atoms with Gasteiger partial charge in [-0.2, -0.15) is 20.1 Å².